The summed E-state index contributed by atoms with van der Waals surface area (Å²) in [7, 11) is 0. The molecule has 3 rings (SSSR count). The summed E-state index contributed by atoms with van der Waals surface area (Å²) in [5.74, 6) is 2.22. The highest BCUT2D eigenvalue weighted by atomic mass is 16.4. The first-order valence-corrected chi connectivity index (χ1v) is 7.70. The maximum absolute atomic E-state index is 6.04. The molecule has 1 aliphatic rings. The van der Waals surface area contributed by atoms with Gasteiger partial charge >= 0.3 is 0 Å². The second-order valence-corrected chi connectivity index (χ2v) is 5.98. The maximum Gasteiger partial charge on any atom is 0.209 e. The van der Waals surface area contributed by atoms with Crippen molar-refractivity contribution in [3.05, 3.63) is 42.4 Å². The first kappa shape index (κ1) is 14.3. The van der Waals surface area contributed by atoms with E-state index in [1.165, 1.54) is 12.8 Å². The van der Waals surface area contributed by atoms with Crippen LogP contribution in [-0.4, -0.2) is 29.0 Å². The minimum absolute atomic E-state index is 0.261. The Morgan fingerprint density at radius 3 is 2.95 bits per heavy atom. The van der Waals surface area contributed by atoms with Gasteiger partial charge in [0.1, 0.15) is 0 Å². The average Bonchev–Trinajstić information content (AvgIpc) is 2.97. The molecule has 0 bridgehead atoms. The molecule has 2 heterocycles. The lowest BCUT2D eigenvalue weighted by Crippen LogP contribution is -2.41. The van der Waals surface area contributed by atoms with Gasteiger partial charge in [0.2, 0.25) is 5.89 Å². The van der Waals surface area contributed by atoms with Crippen LogP contribution in [0.4, 0.5) is 0 Å². The van der Waals surface area contributed by atoms with Gasteiger partial charge in [0, 0.05) is 18.2 Å². The van der Waals surface area contributed by atoms with E-state index >= 15 is 0 Å². The molecule has 1 aliphatic heterocycles. The van der Waals surface area contributed by atoms with Crippen LogP contribution in [-0.2, 0) is 6.54 Å². The standard InChI is InChI=1S/C17H23N3O/c1-13(18)15-8-5-9-20(11-15)12-17-19-10-16(21-17)14-6-3-2-4-7-14/h2-4,6-7,10,13,15H,5,8-9,11-12,18H2,1H3. The minimum atomic E-state index is 0.261. The SMILES string of the molecule is CC(N)C1CCCN(Cc2ncc(-c3ccccc3)o2)C1. The Labute approximate surface area is 126 Å². The highest BCUT2D eigenvalue weighted by molar-refractivity contribution is 5.55. The lowest BCUT2D eigenvalue weighted by atomic mass is 9.92. The van der Waals surface area contributed by atoms with Gasteiger partial charge in [0.15, 0.2) is 5.76 Å². The molecule has 21 heavy (non-hydrogen) atoms. The normalized spacial score (nSPS) is 21.3. The zero-order chi connectivity index (χ0) is 14.7. The van der Waals surface area contributed by atoms with E-state index in [2.05, 4.69) is 16.8 Å². The molecule has 0 aliphatic carbocycles. The summed E-state index contributed by atoms with van der Waals surface area (Å²) in [6.45, 7) is 5.02. The topological polar surface area (TPSA) is 55.3 Å². The van der Waals surface area contributed by atoms with Gasteiger partial charge in [-0.3, -0.25) is 4.90 Å². The molecule has 4 nitrogen and oxygen atoms in total. The van der Waals surface area contributed by atoms with Gasteiger partial charge < -0.3 is 10.2 Å². The molecule has 0 amide bonds. The predicted octanol–water partition coefficient (Wildman–Crippen LogP) is 2.90. The fourth-order valence-electron chi connectivity index (χ4n) is 2.97. The van der Waals surface area contributed by atoms with E-state index in [1.807, 2.05) is 36.5 Å². The molecule has 4 heteroatoms. The summed E-state index contributed by atoms with van der Waals surface area (Å²) in [5.41, 5.74) is 7.11. The first-order chi connectivity index (χ1) is 10.2. The monoisotopic (exact) mass is 285 g/mol. The molecule has 0 radical (unpaired) electrons. The molecule has 1 aromatic heterocycles. The van der Waals surface area contributed by atoms with Crippen LogP contribution in [0.2, 0.25) is 0 Å². The number of piperidine rings is 1. The van der Waals surface area contributed by atoms with Gasteiger partial charge in [-0.15, -0.1) is 0 Å². The summed E-state index contributed by atoms with van der Waals surface area (Å²) in [4.78, 5) is 6.82. The van der Waals surface area contributed by atoms with Crippen molar-refractivity contribution in [3.63, 3.8) is 0 Å². The molecule has 0 saturated carbocycles. The third-order valence-corrected chi connectivity index (χ3v) is 4.26. The number of nitrogens with zero attached hydrogens (tertiary/aromatic N) is 2. The van der Waals surface area contributed by atoms with Crippen LogP contribution in [0.3, 0.4) is 0 Å². The van der Waals surface area contributed by atoms with Gasteiger partial charge in [-0.25, -0.2) is 4.98 Å². The average molecular weight is 285 g/mol. The lowest BCUT2D eigenvalue weighted by molar-refractivity contribution is 0.143. The van der Waals surface area contributed by atoms with Crippen molar-refractivity contribution in [2.24, 2.45) is 11.7 Å². The van der Waals surface area contributed by atoms with Crippen molar-refractivity contribution in [2.45, 2.75) is 32.4 Å². The molecule has 1 fully saturated rings. The van der Waals surface area contributed by atoms with Crippen molar-refractivity contribution in [1.29, 1.82) is 0 Å². The molecule has 2 unspecified atom stereocenters. The van der Waals surface area contributed by atoms with Crippen molar-refractivity contribution in [3.8, 4) is 11.3 Å². The van der Waals surface area contributed by atoms with Gasteiger partial charge in [0.05, 0.1) is 12.7 Å². The third kappa shape index (κ3) is 3.52. The van der Waals surface area contributed by atoms with E-state index in [9.17, 15) is 0 Å². The highest BCUT2D eigenvalue weighted by Crippen LogP contribution is 2.23. The zero-order valence-electron chi connectivity index (χ0n) is 12.5. The molecule has 2 atom stereocenters. The molecule has 2 N–H and O–H groups in total. The number of hydrogen-bond acceptors (Lipinski definition) is 4. The molecular formula is C17H23N3O. The number of aromatic nitrogens is 1. The smallest absolute Gasteiger partial charge is 0.209 e. The number of oxazole rings is 1. The second kappa shape index (κ2) is 6.41. The van der Waals surface area contributed by atoms with Gasteiger partial charge in [0.25, 0.3) is 0 Å². The Bertz CT molecular complexity index is 564. The molecular weight excluding hydrogens is 262 g/mol. The number of hydrogen-bond donors (Lipinski definition) is 1. The number of nitrogens with two attached hydrogens (primary N) is 1. The fraction of sp³-hybridized carbons (Fsp3) is 0.471. The van der Waals surface area contributed by atoms with E-state index in [0.717, 1.165) is 36.8 Å². The Morgan fingerprint density at radius 1 is 1.38 bits per heavy atom. The van der Waals surface area contributed by atoms with E-state index in [0.29, 0.717) is 5.92 Å². The summed E-state index contributed by atoms with van der Waals surface area (Å²) in [6, 6.07) is 10.4. The largest absolute Gasteiger partial charge is 0.439 e. The number of likely N-dealkylation sites (tertiary alicyclic amines) is 1. The Hall–Kier alpha value is -1.65. The molecule has 1 saturated heterocycles. The van der Waals surface area contributed by atoms with Crippen molar-refractivity contribution in [1.82, 2.24) is 9.88 Å². The van der Waals surface area contributed by atoms with Crippen LogP contribution in [0.15, 0.2) is 40.9 Å². The van der Waals surface area contributed by atoms with Crippen molar-refractivity contribution in [2.75, 3.05) is 13.1 Å². The van der Waals surface area contributed by atoms with Crippen LogP contribution in [0, 0.1) is 5.92 Å². The van der Waals surface area contributed by atoms with E-state index < -0.39 is 0 Å². The van der Waals surface area contributed by atoms with E-state index in [4.69, 9.17) is 10.2 Å². The highest BCUT2D eigenvalue weighted by Gasteiger charge is 2.23. The minimum Gasteiger partial charge on any atom is -0.439 e. The fourth-order valence-corrected chi connectivity index (χ4v) is 2.97. The van der Waals surface area contributed by atoms with Gasteiger partial charge in [-0.05, 0) is 32.2 Å². The number of benzene rings is 1. The van der Waals surface area contributed by atoms with Crippen LogP contribution in [0.5, 0.6) is 0 Å². The van der Waals surface area contributed by atoms with Gasteiger partial charge in [-0.2, -0.15) is 0 Å². The van der Waals surface area contributed by atoms with E-state index in [1.54, 1.807) is 0 Å². The quantitative estimate of drug-likeness (QED) is 0.938. The third-order valence-electron chi connectivity index (χ3n) is 4.26. The Morgan fingerprint density at radius 2 is 2.19 bits per heavy atom. The van der Waals surface area contributed by atoms with Crippen LogP contribution < -0.4 is 5.73 Å². The maximum atomic E-state index is 6.04. The molecule has 2 aromatic rings. The van der Waals surface area contributed by atoms with Crippen molar-refractivity contribution < 1.29 is 4.42 Å². The predicted molar refractivity (Wildman–Crippen MR) is 83.6 cm³/mol. The molecule has 0 spiro atoms. The summed E-state index contributed by atoms with van der Waals surface area (Å²) in [5, 5.41) is 0. The summed E-state index contributed by atoms with van der Waals surface area (Å²) >= 11 is 0. The van der Waals surface area contributed by atoms with Crippen LogP contribution in [0.1, 0.15) is 25.7 Å². The van der Waals surface area contributed by atoms with E-state index in [-0.39, 0.29) is 6.04 Å². The molecule has 1 aromatic carbocycles. The summed E-state index contributed by atoms with van der Waals surface area (Å²) < 4.78 is 5.88. The van der Waals surface area contributed by atoms with Gasteiger partial charge in [-0.1, -0.05) is 30.3 Å². The molecule has 112 valence electrons. The van der Waals surface area contributed by atoms with Crippen molar-refractivity contribution >= 4 is 0 Å². The second-order valence-electron chi connectivity index (χ2n) is 5.98. The lowest BCUT2D eigenvalue weighted by Gasteiger charge is -2.33. The Kier molecular flexibility index (Phi) is 4.36. The first-order valence-electron chi connectivity index (χ1n) is 7.70. The number of rotatable bonds is 4. The van der Waals surface area contributed by atoms with Crippen LogP contribution >= 0.6 is 0 Å². The summed E-state index contributed by atoms with van der Waals surface area (Å²) in [6.07, 6.45) is 4.26. The Balaban J connectivity index is 1.65. The van der Waals surface area contributed by atoms with Crippen LogP contribution in [0.25, 0.3) is 11.3 Å². The zero-order valence-corrected chi connectivity index (χ0v) is 12.5.